The minimum absolute atomic E-state index is 0.314. The number of hydrogen-bond donors (Lipinski definition) is 2. The Kier molecular flexibility index (Phi) is 6.01. The quantitative estimate of drug-likeness (QED) is 0.747. The molecule has 5 nitrogen and oxygen atoms in total. The van der Waals surface area contributed by atoms with Gasteiger partial charge in [0.05, 0.1) is 12.8 Å². The lowest BCUT2D eigenvalue weighted by Gasteiger charge is -2.10. The summed E-state index contributed by atoms with van der Waals surface area (Å²) in [6.07, 6.45) is -0.314. The second-order valence-electron chi connectivity index (χ2n) is 4.62. The van der Waals surface area contributed by atoms with Gasteiger partial charge in [-0.25, -0.2) is 0 Å². The summed E-state index contributed by atoms with van der Waals surface area (Å²) in [6, 6.07) is 11.9. The highest BCUT2D eigenvalue weighted by Crippen LogP contribution is 2.27. The van der Waals surface area contributed by atoms with Crippen LogP contribution >= 0.6 is 27.5 Å². The van der Waals surface area contributed by atoms with Crippen LogP contribution in [0.4, 0.5) is 11.4 Å². The van der Waals surface area contributed by atoms with Crippen molar-refractivity contribution in [3.8, 4) is 5.75 Å². The van der Waals surface area contributed by atoms with Crippen LogP contribution in [0, 0.1) is 0 Å². The highest BCUT2D eigenvalue weighted by Gasteiger charge is 2.12. The van der Waals surface area contributed by atoms with Crippen molar-refractivity contribution < 1.29 is 14.3 Å². The molecule has 0 radical (unpaired) electrons. The Labute approximate surface area is 147 Å². The first-order valence-electron chi connectivity index (χ1n) is 6.67. The zero-order valence-electron chi connectivity index (χ0n) is 12.2. The van der Waals surface area contributed by atoms with Crippen LogP contribution in [0.15, 0.2) is 46.9 Å². The maximum absolute atomic E-state index is 12.0. The molecule has 0 aliphatic carbocycles. The molecule has 0 heterocycles. The summed E-state index contributed by atoms with van der Waals surface area (Å²) < 4.78 is 6.04. The van der Waals surface area contributed by atoms with E-state index in [1.807, 2.05) is 0 Å². The fourth-order valence-electron chi connectivity index (χ4n) is 1.86. The third-order valence-corrected chi connectivity index (χ3v) is 3.65. The minimum atomic E-state index is -0.458. The largest absolute Gasteiger partial charge is 0.495 e. The molecule has 2 aromatic carbocycles. The summed E-state index contributed by atoms with van der Waals surface area (Å²) in [6.45, 7) is 0. The fourth-order valence-corrected chi connectivity index (χ4v) is 2.29. The summed E-state index contributed by atoms with van der Waals surface area (Å²) in [7, 11) is 1.49. The van der Waals surface area contributed by atoms with Crippen molar-refractivity contribution in [2.45, 2.75) is 6.42 Å². The maximum atomic E-state index is 12.0. The number of amides is 2. The van der Waals surface area contributed by atoms with Gasteiger partial charge in [-0.3, -0.25) is 9.59 Å². The normalized spacial score (nSPS) is 10.0. The van der Waals surface area contributed by atoms with Gasteiger partial charge < -0.3 is 15.4 Å². The van der Waals surface area contributed by atoms with Gasteiger partial charge >= 0.3 is 0 Å². The molecule has 0 unspecified atom stereocenters. The molecule has 2 amide bonds. The lowest BCUT2D eigenvalue weighted by Crippen LogP contribution is -2.21. The molecule has 2 aromatic rings. The van der Waals surface area contributed by atoms with Gasteiger partial charge in [-0.2, -0.15) is 0 Å². The second-order valence-corrected chi connectivity index (χ2v) is 5.98. The van der Waals surface area contributed by atoms with Crippen LogP contribution in [0.1, 0.15) is 6.42 Å². The van der Waals surface area contributed by atoms with E-state index in [0.29, 0.717) is 22.1 Å². The van der Waals surface area contributed by atoms with Crippen molar-refractivity contribution in [2.24, 2.45) is 0 Å². The van der Waals surface area contributed by atoms with Gasteiger partial charge in [0.15, 0.2) is 0 Å². The van der Waals surface area contributed by atoms with E-state index in [4.69, 9.17) is 16.3 Å². The van der Waals surface area contributed by atoms with Crippen LogP contribution in [0.2, 0.25) is 5.02 Å². The highest BCUT2D eigenvalue weighted by molar-refractivity contribution is 9.10. The number of hydrogen-bond acceptors (Lipinski definition) is 3. The maximum Gasteiger partial charge on any atom is 0.233 e. The van der Waals surface area contributed by atoms with Crippen molar-refractivity contribution in [2.75, 3.05) is 17.7 Å². The summed E-state index contributed by atoms with van der Waals surface area (Å²) in [5, 5.41) is 5.72. The van der Waals surface area contributed by atoms with Crippen molar-refractivity contribution in [3.63, 3.8) is 0 Å². The predicted molar refractivity (Wildman–Crippen MR) is 94.0 cm³/mol. The fraction of sp³-hybridized carbons (Fsp3) is 0.125. The molecule has 120 valence electrons. The topological polar surface area (TPSA) is 67.4 Å². The van der Waals surface area contributed by atoms with Crippen molar-refractivity contribution in [3.05, 3.63) is 52.0 Å². The Bertz CT molecular complexity index is 720. The first kappa shape index (κ1) is 17.3. The predicted octanol–water partition coefficient (Wildman–Crippen LogP) is 4.08. The van der Waals surface area contributed by atoms with E-state index in [1.54, 1.807) is 42.5 Å². The SMILES string of the molecule is COc1ccc(Cl)cc1NC(=O)CC(=O)Nc1ccc(Br)cc1. The third kappa shape index (κ3) is 5.26. The smallest absolute Gasteiger partial charge is 0.233 e. The Morgan fingerprint density at radius 3 is 2.39 bits per heavy atom. The van der Waals surface area contributed by atoms with Gasteiger partial charge in [0.2, 0.25) is 11.8 Å². The Morgan fingerprint density at radius 2 is 1.74 bits per heavy atom. The van der Waals surface area contributed by atoms with E-state index in [1.165, 1.54) is 7.11 Å². The number of carbonyl (C=O) groups is 2. The summed E-state index contributed by atoms with van der Waals surface area (Å²) in [4.78, 5) is 23.8. The molecular formula is C16H14BrClN2O3. The van der Waals surface area contributed by atoms with Gasteiger partial charge in [0.25, 0.3) is 0 Å². The van der Waals surface area contributed by atoms with Gasteiger partial charge in [-0.15, -0.1) is 0 Å². The first-order chi connectivity index (χ1) is 11.0. The molecule has 0 fully saturated rings. The summed E-state index contributed by atoms with van der Waals surface area (Å²) in [5.41, 5.74) is 1.03. The number of rotatable bonds is 5. The first-order valence-corrected chi connectivity index (χ1v) is 7.84. The zero-order valence-corrected chi connectivity index (χ0v) is 14.6. The molecule has 7 heteroatoms. The molecule has 0 spiro atoms. The lowest BCUT2D eigenvalue weighted by molar-refractivity contribution is -0.123. The van der Waals surface area contributed by atoms with Crippen LogP contribution in [0.25, 0.3) is 0 Å². The van der Waals surface area contributed by atoms with Gasteiger partial charge in [0.1, 0.15) is 12.2 Å². The number of nitrogens with one attached hydrogen (secondary N) is 2. The number of halogens is 2. The Morgan fingerprint density at radius 1 is 1.09 bits per heavy atom. The van der Waals surface area contributed by atoms with E-state index in [9.17, 15) is 9.59 Å². The second kappa shape index (κ2) is 7.99. The highest BCUT2D eigenvalue weighted by atomic mass is 79.9. The van der Waals surface area contributed by atoms with Crippen LogP contribution in [0.3, 0.4) is 0 Å². The molecule has 0 aliphatic rings. The number of methoxy groups -OCH3 is 1. The molecule has 0 bridgehead atoms. The van der Waals surface area contributed by atoms with Gasteiger partial charge in [0, 0.05) is 15.2 Å². The molecule has 23 heavy (non-hydrogen) atoms. The van der Waals surface area contributed by atoms with Crippen molar-refractivity contribution >= 4 is 50.7 Å². The summed E-state index contributed by atoms with van der Waals surface area (Å²) in [5.74, 6) is -0.401. The Balaban J connectivity index is 1.95. The number of benzene rings is 2. The molecule has 0 saturated carbocycles. The van der Waals surface area contributed by atoms with E-state index in [-0.39, 0.29) is 6.42 Å². The zero-order chi connectivity index (χ0) is 16.8. The van der Waals surface area contributed by atoms with E-state index < -0.39 is 11.8 Å². The monoisotopic (exact) mass is 396 g/mol. The average molecular weight is 398 g/mol. The molecule has 0 aliphatic heterocycles. The minimum Gasteiger partial charge on any atom is -0.495 e. The number of ether oxygens (including phenoxy) is 1. The molecule has 0 atom stereocenters. The van der Waals surface area contributed by atoms with Crippen LogP contribution in [-0.4, -0.2) is 18.9 Å². The van der Waals surface area contributed by atoms with Crippen LogP contribution in [0.5, 0.6) is 5.75 Å². The molecular weight excluding hydrogens is 384 g/mol. The lowest BCUT2D eigenvalue weighted by atomic mass is 10.2. The molecule has 2 rings (SSSR count). The molecule has 2 N–H and O–H groups in total. The molecule has 0 saturated heterocycles. The van der Waals surface area contributed by atoms with Crippen LogP contribution < -0.4 is 15.4 Å². The van der Waals surface area contributed by atoms with E-state index in [0.717, 1.165) is 4.47 Å². The Hall–Kier alpha value is -2.05. The van der Waals surface area contributed by atoms with Crippen molar-refractivity contribution in [1.82, 2.24) is 0 Å². The number of anilines is 2. The van der Waals surface area contributed by atoms with E-state index in [2.05, 4.69) is 26.6 Å². The third-order valence-electron chi connectivity index (χ3n) is 2.88. The number of carbonyl (C=O) groups excluding carboxylic acids is 2. The van der Waals surface area contributed by atoms with Gasteiger partial charge in [-0.05, 0) is 42.5 Å². The molecule has 0 aromatic heterocycles. The average Bonchev–Trinajstić information content (AvgIpc) is 2.49. The van der Waals surface area contributed by atoms with Gasteiger partial charge in [-0.1, -0.05) is 27.5 Å². The van der Waals surface area contributed by atoms with E-state index >= 15 is 0 Å². The standard InChI is InChI=1S/C16H14BrClN2O3/c1-23-14-7-4-11(18)8-13(14)20-16(22)9-15(21)19-12-5-2-10(17)3-6-12/h2-8H,9H2,1H3,(H,19,21)(H,20,22). The van der Waals surface area contributed by atoms with Crippen LogP contribution in [-0.2, 0) is 9.59 Å². The summed E-state index contributed by atoms with van der Waals surface area (Å²) >= 11 is 9.20. The van der Waals surface area contributed by atoms with Crippen molar-refractivity contribution in [1.29, 1.82) is 0 Å².